The van der Waals surface area contributed by atoms with Gasteiger partial charge in [-0.15, -0.1) is 0 Å². The van der Waals surface area contributed by atoms with Gasteiger partial charge in [-0.2, -0.15) is 0 Å². The van der Waals surface area contributed by atoms with Crippen molar-refractivity contribution in [2.75, 3.05) is 25.7 Å². The number of fused-ring (bicyclic) bond motifs is 1. The van der Waals surface area contributed by atoms with Gasteiger partial charge < -0.3 is 19.1 Å². The fraction of sp³-hybridized carbons (Fsp3) is 0.300. The molecule has 0 N–H and O–H groups in total. The number of allylic oxidation sites excluding steroid dienone is 1. The van der Waals surface area contributed by atoms with E-state index >= 15 is 0 Å². The zero-order valence-electron chi connectivity index (χ0n) is 21.5. The van der Waals surface area contributed by atoms with Crippen molar-refractivity contribution in [1.82, 2.24) is 0 Å². The molecule has 0 saturated heterocycles. The molecular formula is C30H34N2O3. The number of methoxy groups -OCH3 is 2. The first-order valence-electron chi connectivity index (χ1n) is 12.0. The molecule has 1 aliphatic heterocycles. The highest BCUT2D eigenvalue weighted by Crippen LogP contribution is 2.42. The molecule has 5 nitrogen and oxygen atoms in total. The molecule has 0 radical (unpaired) electrons. The van der Waals surface area contributed by atoms with Crippen LogP contribution < -0.4 is 19.1 Å². The molecule has 3 aromatic carbocycles. The summed E-state index contributed by atoms with van der Waals surface area (Å²) in [5.41, 5.74) is 5.45. The van der Waals surface area contributed by atoms with Crippen LogP contribution in [-0.4, -0.2) is 32.5 Å². The Labute approximate surface area is 208 Å². The van der Waals surface area contributed by atoms with E-state index in [2.05, 4.69) is 50.8 Å². The second kappa shape index (κ2) is 10.3. The fourth-order valence-electron chi connectivity index (χ4n) is 4.61. The summed E-state index contributed by atoms with van der Waals surface area (Å²) in [6, 6.07) is 19.6. The minimum absolute atomic E-state index is 0.0404. The first kappa shape index (κ1) is 24.4. The van der Waals surface area contributed by atoms with Gasteiger partial charge in [0.2, 0.25) is 0 Å². The number of hydrogen-bond donors (Lipinski definition) is 0. The van der Waals surface area contributed by atoms with Gasteiger partial charge in [-0.1, -0.05) is 25.1 Å². The Morgan fingerprint density at radius 1 is 0.914 bits per heavy atom. The van der Waals surface area contributed by atoms with Crippen LogP contribution in [0.25, 0.3) is 5.57 Å². The molecule has 0 aromatic heterocycles. The van der Waals surface area contributed by atoms with E-state index in [-0.39, 0.29) is 5.54 Å². The highest BCUT2D eigenvalue weighted by Gasteiger charge is 2.31. The van der Waals surface area contributed by atoms with Gasteiger partial charge in [0.1, 0.15) is 11.5 Å². The smallest absolute Gasteiger partial charge is 0.169 e. The first-order chi connectivity index (χ1) is 16.9. The van der Waals surface area contributed by atoms with Crippen molar-refractivity contribution in [1.29, 1.82) is 0 Å². The number of para-hydroxylation sites is 2. The highest BCUT2D eigenvalue weighted by atomic mass is 16.5. The zero-order chi connectivity index (χ0) is 25.0. The number of benzene rings is 3. The summed E-state index contributed by atoms with van der Waals surface area (Å²) in [6.07, 6.45) is 5.29. The first-order valence-corrected chi connectivity index (χ1v) is 12.0. The number of aliphatic imine (C=N–C) groups is 1. The van der Waals surface area contributed by atoms with Gasteiger partial charge in [0.25, 0.3) is 0 Å². The van der Waals surface area contributed by atoms with Crippen LogP contribution >= 0.6 is 0 Å². The van der Waals surface area contributed by atoms with E-state index < -0.39 is 0 Å². The summed E-state index contributed by atoms with van der Waals surface area (Å²) < 4.78 is 17.1. The molecule has 35 heavy (non-hydrogen) atoms. The van der Waals surface area contributed by atoms with Crippen LogP contribution in [-0.2, 0) is 0 Å². The predicted molar refractivity (Wildman–Crippen MR) is 145 cm³/mol. The fourth-order valence-corrected chi connectivity index (χ4v) is 4.61. The Balaban J connectivity index is 1.59. The average molecular weight is 471 g/mol. The van der Waals surface area contributed by atoms with Crippen LogP contribution in [0, 0.1) is 0 Å². The van der Waals surface area contributed by atoms with E-state index in [9.17, 15) is 0 Å². The number of hydrogen-bond acceptors (Lipinski definition) is 5. The van der Waals surface area contributed by atoms with Crippen molar-refractivity contribution in [3.8, 4) is 23.0 Å². The van der Waals surface area contributed by atoms with Crippen molar-refractivity contribution < 1.29 is 14.2 Å². The Bertz CT molecular complexity index is 1240. The van der Waals surface area contributed by atoms with Crippen molar-refractivity contribution in [3.63, 3.8) is 0 Å². The van der Waals surface area contributed by atoms with Gasteiger partial charge >= 0.3 is 0 Å². The molecule has 0 amide bonds. The quantitative estimate of drug-likeness (QED) is 0.317. The lowest BCUT2D eigenvalue weighted by Crippen LogP contribution is -2.45. The maximum atomic E-state index is 5.97. The van der Waals surface area contributed by atoms with Crippen molar-refractivity contribution >= 4 is 23.2 Å². The van der Waals surface area contributed by atoms with E-state index in [1.807, 2.05) is 54.7 Å². The Morgan fingerprint density at radius 2 is 1.60 bits per heavy atom. The molecular weight excluding hydrogens is 436 g/mol. The monoisotopic (exact) mass is 470 g/mol. The maximum absolute atomic E-state index is 5.97. The Kier molecular flexibility index (Phi) is 7.15. The zero-order valence-corrected chi connectivity index (χ0v) is 21.5. The van der Waals surface area contributed by atoms with E-state index in [1.165, 1.54) is 16.8 Å². The molecule has 1 aliphatic rings. The SMILES string of the molecule is CCCN1c2cc(OC)c(C=Nc3ccc(Oc4ccccc4OC)cc3)cc2C(C)=CC1(C)C. The van der Waals surface area contributed by atoms with Gasteiger partial charge in [0.05, 0.1) is 25.4 Å². The number of anilines is 1. The molecule has 0 unspecified atom stereocenters. The maximum Gasteiger partial charge on any atom is 0.169 e. The largest absolute Gasteiger partial charge is 0.496 e. The predicted octanol–water partition coefficient (Wildman–Crippen LogP) is 7.66. The van der Waals surface area contributed by atoms with Gasteiger partial charge in [0, 0.05) is 35.6 Å². The molecule has 0 spiro atoms. The van der Waals surface area contributed by atoms with E-state index in [4.69, 9.17) is 19.2 Å². The third kappa shape index (κ3) is 5.19. The number of ether oxygens (including phenoxy) is 3. The third-order valence-electron chi connectivity index (χ3n) is 6.26. The summed E-state index contributed by atoms with van der Waals surface area (Å²) >= 11 is 0. The highest BCUT2D eigenvalue weighted by molar-refractivity contribution is 5.92. The van der Waals surface area contributed by atoms with Gasteiger partial charge in [-0.05, 0) is 75.2 Å². The molecule has 3 aromatic rings. The van der Waals surface area contributed by atoms with Crippen LogP contribution in [0.15, 0.2) is 71.7 Å². The Morgan fingerprint density at radius 3 is 2.26 bits per heavy atom. The molecule has 0 atom stereocenters. The molecule has 0 saturated carbocycles. The number of rotatable bonds is 8. The summed E-state index contributed by atoms with van der Waals surface area (Å²) in [6.45, 7) is 9.91. The molecule has 0 fully saturated rings. The standard InChI is InChI=1S/C30H34N2O3/c1-7-16-32-26-18-29(34-6)22(17-25(26)21(2)19-30(32,3)4)20-31-23-12-14-24(15-13-23)35-28-11-9-8-10-27(28)33-5/h8-15,17-20H,7,16H2,1-6H3. The number of nitrogens with zero attached hydrogens (tertiary/aromatic N) is 2. The van der Waals surface area contributed by atoms with Crippen molar-refractivity contribution in [3.05, 3.63) is 77.9 Å². The normalized spacial score (nSPS) is 14.5. The average Bonchev–Trinajstić information content (AvgIpc) is 2.85. The lowest BCUT2D eigenvalue weighted by molar-refractivity contribution is 0.379. The van der Waals surface area contributed by atoms with E-state index in [1.54, 1.807) is 14.2 Å². The molecule has 0 bridgehead atoms. The molecule has 0 aliphatic carbocycles. The Hall–Kier alpha value is -3.73. The van der Waals surface area contributed by atoms with Crippen molar-refractivity contribution in [2.45, 2.75) is 39.7 Å². The van der Waals surface area contributed by atoms with Crippen LogP contribution in [0.5, 0.6) is 23.0 Å². The second-order valence-corrected chi connectivity index (χ2v) is 9.25. The summed E-state index contributed by atoms with van der Waals surface area (Å²) in [5.74, 6) is 2.91. The molecule has 5 heteroatoms. The lowest BCUT2D eigenvalue weighted by Gasteiger charge is -2.43. The summed E-state index contributed by atoms with van der Waals surface area (Å²) in [7, 11) is 3.35. The minimum atomic E-state index is -0.0404. The van der Waals surface area contributed by atoms with Crippen LogP contribution in [0.3, 0.4) is 0 Å². The molecule has 1 heterocycles. The summed E-state index contributed by atoms with van der Waals surface area (Å²) in [4.78, 5) is 7.16. The van der Waals surface area contributed by atoms with Gasteiger partial charge in [0.15, 0.2) is 11.5 Å². The van der Waals surface area contributed by atoms with Gasteiger partial charge in [-0.25, -0.2) is 0 Å². The van der Waals surface area contributed by atoms with E-state index in [0.29, 0.717) is 11.5 Å². The molecule has 4 rings (SSSR count). The van der Waals surface area contributed by atoms with Crippen LogP contribution in [0.2, 0.25) is 0 Å². The summed E-state index contributed by atoms with van der Waals surface area (Å²) in [5, 5.41) is 0. The van der Waals surface area contributed by atoms with Gasteiger partial charge in [-0.3, -0.25) is 4.99 Å². The topological polar surface area (TPSA) is 43.3 Å². The third-order valence-corrected chi connectivity index (χ3v) is 6.26. The van der Waals surface area contributed by atoms with Crippen LogP contribution in [0.4, 0.5) is 11.4 Å². The minimum Gasteiger partial charge on any atom is -0.496 e. The second-order valence-electron chi connectivity index (χ2n) is 9.25. The molecule has 182 valence electrons. The van der Waals surface area contributed by atoms with Crippen molar-refractivity contribution in [2.24, 2.45) is 4.99 Å². The van der Waals surface area contributed by atoms with E-state index in [0.717, 1.165) is 35.7 Å². The van der Waals surface area contributed by atoms with Crippen LogP contribution in [0.1, 0.15) is 45.2 Å². The lowest BCUT2D eigenvalue weighted by atomic mass is 9.87.